The van der Waals surface area contributed by atoms with Gasteiger partial charge in [-0.2, -0.15) is 0 Å². The van der Waals surface area contributed by atoms with Gasteiger partial charge in [0.05, 0.1) is 16.9 Å². The van der Waals surface area contributed by atoms with Gasteiger partial charge in [-0.1, -0.05) is 24.3 Å². The van der Waals surface area contributed by atoms with Crippen molar-refractivity contribution in [2.24, 2.45) is 0 Å². The number of carbonyl (C=O) groups excluding carboxylic acids is 1. The Morgan fingerprint density at radius 1 is 1.23 bits per heavy atom. The van der Waals surface area contributed by atoms with E-state index in [0.29, 0.717) is 5.82 Å². The first-order chi connectivity index (χ1) is 10.7. The third-order valence-electron chi connectivity index (χ3n) is 3.46. The minimum absolute atomic E-state index is 0.0996. The van der Waals surface area contributed by atoms with Crippen molar-refractivity contribution in [2.75, 3.05) is 5.32 Å². The maximum atomic E-state index is 12.3. The molecule has 112 valence electrons. The molecule has 1 aromatic heterocycles. The smallest absolute Gasteiger partial charge is 0.244 e. The summed E-state index contributed by atoms with van der Waals surface area (Å²) in [6, 6.07) is 15.4. The maximum absolute atomic E-state index is 12.3. The first-order valence-corrected chi connectivity index (χ1v) is 7.57. The van der Waals surface area contributed by atoms with E-state index in [4.69, 9.17) is 11.6 Å². The average molecular weight is 314 g/mol. The number of anilines is 1. The van der Waals surface area contributed by atoms with Crippen molar-refractivity contribution >= 4 is 34.2 Å². The molecule has 0 fully saturated rings. The largest absolute Gasteiger partial charge is 0.325 e. The van der Waals surface area contributed by atoms with Crippen molar-refractivity contribution < 1.29 is 4.79 Å². The van der Waals surface area contributed by atoms with Crippen LogP contribution < -0.4 is 5.32 Å². The number of fused-ring (bicyclic) bond motifs is 1. The number of hydrogen-bond acceptors (Lipinski definition) is 2. The van der Waals surface area contributed by atoms with Crippen LogP contribution >= 0.6 is 11.6 Å². The molecular weight excluding hydrogens is 298 g/mol. The highest BCUT2D eigenvalue weighted by Crippen LogP contribution is 2.19. The standard InChI is InChI=1S/C17H16ClN3O/c1-12-7-8-15-14(9-12)20-16(10-18)21(15)11-17(22)19-13-5-3-2-4-6-13/h2-9H,10-11H2,1H3,(H,19,22). The number of carbonyl (C=O) groups is 1. The molecule has 1 heterocycles. The number of halogens is 1. The molecule has 0 aliphatic heterocycles. The normalized spacial score (nSPS) is 10.8. The van der Waals surface area contributed by atoms with Gasteiger partial charge in [-0.05, 0) is 36.8 Å². The Balaban J connectivity index is 1.88. The molecular formula is C17H16ClN3O. The first-order valence-electron chi connectivity index (χ1n) is 7.04. The summed E-state index contributed by atoms with van der Waals surface area (Å²) >= 11 is 5.97. The van der Waals surface area contributed by atoms with E-state index in [1.165, 1.54) is 0 Å². The summed E-state index contributed by atoms with van der Waals surface area (Å²) in [5.74, 6) is 0.870. The highest BCUT2D eigenvalue weighted by Gasteiger charge is 2.13. The Morgan fingerprint density at radius 3 is 2.73 bits per heavy atom. The van der Waals surface area contributed by atoms with Gasteiger partial charge in [-0.15, -0.1) is 11.6 Å². The zero-order valence-electron chi connectivity index (χ0n) is 12.2. The second-order valence-corrected chi connectivity index (χ2v) is 5.42. The summed E-state index contributed by atoms with van der Waals surface area (Å²) in [7, 11) is 0. The van der Waals surface area contributed by atoms with Crippen LogP contribution in [0.1, 0.15) is 11.4 Å². The molecule has 3 aromatic rings. The molecule has 0 radical (unpaired) electrons. The van der Waals surface area contributed by atoms with E-state index >= 15 is 0 Å². The van der Waals surface area contributed by atoms with Crippen LogP contribution in [0.5, 0.6) is 0 Å². The number of alkyl halides is 1. The molecule has 3 rings (SSSR count). The monoisotopic (exact) mass is 313 g/mol. The van der Waals surface area contributed by atoms with E-state index in [1.807, 2.05) is 60.0 Å². The summed E-state index contributed by atoms with van der Waals surface area (Å²) in [6.07, 6.45) is 0. The van der Waals surface area contributed by atoms with Crippen LogP contribution in [0, 0.1) is 6.92 Å². The lowest BCUT2D eigenvalue weighted by atomic mass is 10.2. The first kappa shape index (κ1) is 14.6. The van der Waals surface area contributed by atoms with E-state index < -0.39 is 0 Å². The molecule has 22 heavy (non-hydrogen) atoms. The molecule has 0 spiro atoms. The molecule has 0 bridgehead atoms. The van der Waals surface area contributed by atoms with Crippen LogP contribution in [-0.4, -0.2) is 15.5 Å². The van der Waals surface area contributed by atoms with E-state index in [9.17, 15) is 4.79 Å². The zero-order valence-corrected chi connectivity index (χ0v) is 13.0. The van der Waals surface area contributed by atoms with Crippen molar-refractivity contribution in [3.63, 3.8) is 0 Å². The highest BCUT2D eigenvalue weighted by atomic mass is 35.5. The summed E-state index contributed by atoms with van der Waals surface area (Å²) in [5.41, 5.74) is 3.69. The van der Waals surface area contributed by atoms with E-state index in [-0.39, 0.29) is 18.3 Å². The van der Waals surface area contributed by atoms with Gasteiger partial charge in [0.1, 0.15) is 12.4 Å². The molecule has 4 nitrogen and oxygen atoms in total. The lowest BCUT2D eigenvalue weighted by Crippen LogP contribution is -2.19. The number of imidazole rings is 1. The second-order valence-electron chi connectivity index (χ2n) is 5.15. The van der Waals surface area contributed by atoms with Gasteiger partial charge in [-0.3, -0.25) is 4.79 Å². The van der Waals surface area contributed by atoms with Crippen LogP contribution in [0.3, 0.4) is 0 Å². The number of rotatable bonds is 4. The van der Waals surface area contributed by atoms with Crippen molar-refractivity contribution in [1.82, 2.24) is 9.55 Å². The third-order valence-corrected chi connectivity index (χ3v) is 3.70. The van der Waals surface area contributed by atoms with Crippen molar-refractivity contribution in [3.05, 3.63) is 59.9 Å². The fourth-order valence-corrected chi connectivity index (χ4v) is 2.64. The highest BCUT2D eigenvalue weighted by molar-refractivity contribution is 6.17. The van der Waals surface area contributed by atoms with E-state index in [2.05, 4.69) is 10.3 Å². The topological polar surface area (TPSA) is 46.9 Å². The fourth-order valence-electron chi connectivity index (χ4n) is 2.43. The average Bonchev–Trinajstić information content (AvgIpc) is 2.85. The Morgan fingerprint density at radius 2 is 2.00 bits per heavy atom. The molecule has 2 aromatic carbocycles. The van der Waals surface area contributed by atoms with Crippen LogP contribution in [0.2, 0.25) is 0 Å². The van der Waals surface area contributed by atoms with Crippen LogP contribution in [0.25, 0.3) is 11.0 Å². The Bertz CT molecular complexity index is 811. The second kappa shape index (κ2) is 6.20. The van der Waals surface area contributed by atoms with Crippen LogP contribution in [-0.2, 0) is 17.2 Å². The molecule has 1 amide bonds. The number of nitrogens with zero attached hydrogens (tertiary/aromatic N) is 2. The lowest BCUT2D eigenvalue weighted by Gasteiger charge is -2.09. The summed E-state index contributed by atoms with van der Waals surface area (Å²) < 4.78 is 1.86. The number of para-hydroxylation sites is 1. The molecule has 5 heteroatoms. The summed E-state index contributed by atoms with van der Waals surface area (Å²) in [4.78, 5) is 16.8. The molecule has 0 atom stereocenters. The molecule has 0 unspecified atom stereocenters. The molecule has 0 aliphatic carbocycles. The molecule has 0 saturated heterocycles. The van der Waals surface area contributed by atoms with Gasteiger partial charge in [0.25, 0.3) is 0 Å². The van der Waals surface area contributed by atoms with Crippen molar-refractivity contribution in [3.8, 4) is 0 Å². The minimum atomic E-state index is -0.0996. The minimum Gasteiger partial charge on any atom is -0.325 e. The van der Waals surface area contributed by atoms with Crippen LogP contribution in [0.15, 0.2) is 48.5 Å². The number of nitrogens with one attached hydrogen (secondary N) is 1. The molecule has 1 N–H and O–H groups in total. The molecule has 0 saturated carbocycles. The van der Waals surface area contributed by atoms with Gasteiger partial charge >= 0.3 is 0 Å². The number of aryl methyl sites for hydroxylation is 1. The van der Waals surface area contributed by atoms with Crippen molar-refractivity contribution in [2.45, 2.75) is 19.3 Å². The Labute approximate surface area is 133 Å². The third kappa shape index (κ3) is 2.97. The number of benzene rings is 2. The predicted octanol–water partition coefficient (Wildman–Crippen LogP) is 3.72. The maximum Gasteiger partial charge on any atom is 0.244 e. The SMILES string of the molecule is Cc1ccc2c(c1)nc(CCl)n2CC(=O)Nc1ccccc1. The van der Waals surface area contributed by atoms with Gasteiger partial charge in [-0.25, -0.2) is 4.98 Å². The van der Waals surface area contributed by atoms with Gasteiger partial charge in [0.15, 0.2) is 0 Å². The fraction of sp³-hybridized carbons (Fsp3) is 0.176. The van der Waals surface area contributed by atoms with E-state index in [1.54, 1.807) is 0 Å². The van der Waals surface area contributed by atoms with Gasteiger partial charge < -0.3 is 9.88 Å². The Hall–Kier alpha value is -2.33. The zero-order chi connectivity index (χ0) is 15.5. The lowest BCUT2D eigenvalue weighted by molar-refractivity contribution is -0.116. The van der Waals surface area contributed by atoms with Crippen molar-refractivity contribution in [1.29, 1.82) is 0 Å². The van der Waals surface area contributed by atoms with Crippen LogP contribution in [0.4, 0.5) is 5.69 Å². The Kier molecular flexibility index (Phi) is 4.11. The summed E-state index contributed by atoms with van der Waals surface area (Å²) in [5, 5.41) is 2.88. The number of aromatic nitrogens is 2. The number of amides is 1. The number of hydrogen-bond donors (Lipinski definition) is 1. The van der Waals surface area contributed by atoms with Gasteiger partial charge in [0, 0.05) is 5.69 Å². The summed E-state index contributed by atoms with van der Waals surface area (Å²) in [6.45, 7) is 2.21. The van der Waals surface area contributed by atoms with Gasteiger partial charge in [0.2, 0.25) is 5.91 Å². The predicted molar refractivity (Wildman–Crippen MR) is 89.1 cm³/mol. The quantitative estimate of drug-likeness (QED) is 0.746. The van der Waals surface area contributed by atoms with E-state index in [0.717, 1.165) is 22.3 Å². The molecule has 0 aliphatic rings.